The second-order valence-electron chi connectivity index (χ2n) is 6.78. The minimum atomic E-state index is 0.269. The van der Waals surface area contributed by atoms with E-state index in [4.69, 9.17) is 0 Å². The lowest BCUT2D eigenvalue weighted by molar-refractivity contribution is -0.131. The minimum Gasteiger partial charge on any atom is -0.339 e. The smallest absolute Gasteiger partial charge is 0.222 e. The normalized spacial score (nSPS) is 14.8. The summed E-state index contributed by atoms with van der Waals surface area (Å²) >= 11 is 0. The Morgan fingerprint density at radius 1 is 0.962 bits per heavy atom. The first kappa shape index (κ1) is 16.6. The summed E-state index contributed by atoms with van der Waals surface area (Å²) in [5.74, 6) is 1.17. The molecule has 1 aliphatic heterocycles. The van der Waals surface area contributed by atoms with Crippen LogP contribution in [0.1, 0.15) is 18.4 Å². The van der Waals surface area contributed by atoms with E-state index < -0.39 is 0 Å². The third-order valence-electron chi connectivity index (χ3n) is 5.01. The number of aromatic amines is 1. The fourth-order valence-corrected chi connectivity index (χ4v) is 3.50. The number of aromatic nitrogens is 2. The van der Waals surface area contributed by atoms with Crippen molar-refractivity contribution in [2.45, 2.75) is 19.3 Å². The number of carbonyl (C=O) groups is 1. The van der Waals surface area contributed by atoms with Crippen molar-refractivity contribution in [3.8, 4) is 0 Å². The number of fused-ring (bicyclic) bond motifs is 1. The number of amides is 1. The van der Waals surface area contributed by atoms with Gasteiger partial charge in [0.15, 0.2) is 0 Å². The zero-order valence-electron chi connectivity index (χ0n) is 14.9. The summed E-state index contributed by atoms with van der Waals surface area (Å²) in [6, 6.07) is 18.4. The molecule has 1 saturated heterocycles. The number of nitrogens with zero attached hydrogens (tertiary/aromatic N) is 3. The molecule has 2 aromatic carbocycles. The van der Waals surface area contributed by atoms with Gasteiger partial charge in [-0.2, -0.15) is 0 Å². The van der Waals surface area contributed by atoms with E-state index in [1.807, 2.05) is 35.2 Å². The van der Waals surface area contributed by atoms with Crippen LogP contribution in [0.5, 0.6) is 0 Å². The van der Waals surface area contributed by atoms with Crippen LogP contribution >= 0.6 is 0 Å². The van der Waals surface area contributed by atoms with Gasteiger partial charge in [-0.3, -0.25) is 4.79 Å². The lowest BCUT2D eigenvalue weighted by Gasteiger charge is -2.34. The molecule has 0 spiro atoms. The molecule has 5 heteroatoms. The molecule has 1 aromatic heterocycles. The summed E-state index contributed by atoms with van der Waals surface area (Å²) in [6.45, 7) is 3.18. The van der Waals surface area contributed by atoms with Crippen LogP contribution in [0, 0.1) is 0 Å². The highest BCUT2D eigenvalue weighted by molar-refractivity contribution is 5.78. The van der Waals surface area contributed by atoms with E-state index in [1.165, 1.54) is 5.56 Å². The number of para-hydroxylation sites is 2. The fourth-order valence-electron chi connectivity index (χ4n) is 3.50. The minimum absolute atomic E-state index is 0.269. The van der Waals surface area contributed by atoms with Crippen molar-refractivity contribution in [1.29, 1.82) is 0 Å². The molecule has 0 aliphatic carbocycles. The quantitative estimate of drug-likeness (QED) is 0.770. The van der Waals surface area contributed by atoms with Crippen LogP contribution in [-0.4, -0.2) is 47.0 Å². The molecule has 1 amide bonds. The summed E-state index contributed by atoms with van der Waals surface area (Å²) in [5, 5.41) is 0. The predicted octanol–water partition coefficient (Wildman–Crippen LogP) is 3.23. The number of piperazine rings is 1. The molecule has 3 aromatic rings. The number of benzene rings is 2. The monoisotopic (exact) mass is 348 g/mol. The molecule has 2 heterocycles. The molecule has 134 valence electrons. The Labute approximate surface area is 153 Å². The zero-order valence-corrected chi connectivity index (χ0v) is 14.9. The molecule has 0 bridgehead atoms. The van der Waals surface area contributed by atoms with Crippen molar-refractivity contribution in [2.24, 2.45) is 0 Å². The maximum absolute atomic E-state index is 12.5. The van der Waals surface area contributed by atoms with Gasteiger partial charge in [-0.1, -0.05) is 42.5 Å². The molecular formula is C21H24N4O. The maximum Gasteiger partial charge on any atom is 0.222 e. The number of anilines is 1. The largest absolute Gasteiger partial charge is 0.339 e. The molecule has 0 atom stereocenters. The first-order valence-corrected chi connectivity index (χ1v) is 9.31. The highest BCUT2D eigenvalue weighted by Gasteiger charge is 2.22. The molecule has 26 heavy (non-hydrogen) atoms. The van der Waals surface area contributed by atoms with Gasteiger partial charge in [0.25, 0.3) is 0 Å². The molecule has 0 unspecified atom stereocenters. The molecule has 5 nitrogen and oxygen atoms in total. The highest BCUT2D eigenvalue weighted by Crippen LogP contribution is 2.18. The molecule has 0 radical (unpaired) electrons. The van der Waals surface area contributed by atoms with E-state index in [0.29, 0.717) is 6.42 Å². The third-order valence-corrected chi connectivity index (χ3v) is 5.01. The number of imidazole rings is 1. The summed E-state index contributed by atoms with van der Waals surface area (Å²) < 4.78 is 0. The summed E-state index contributed by atoms with van der Waals surface area (Å²) in [6.07, 6.45) is 2.50. The van der Waals surface area contributed by atoms with E-state index in [0.717, 1.165) is 56.0 Å². The van der Waals surface area contributed by atoms with E-state index in [9.17, 15) is 4.79 Å². The van der Waals surface area contributed by atoms with Gasteiger partial charge in [0.1, 0.15) is 0 Å². The van der Waals surface area contributed by atoms with Crippen LogP contribution in [0.3, 0.4) is 0 Å². The fraction of sp³-hybridized carbons (Fsp3) is 0.333. The molecule has 1 fully saturated rings. The molecule has 1 aliphatic rings. The Morgan fingerprint density at radius 3 is 2.46 bits per heavy atom. The van der Waals surface area contributed by atoms with Gasteiger partial charge < -0.3 is 14.8 Å². The first-order chi connectivity index (χ1) is 12.8. The average molecular weight is 348 g/mol. The number of hydrogen-bond donors (Lipinski definition) is 1. The molecule has 4 rings (SSSR count). The Morgan fingerprint density at radius 2 is 1.69 bits per heavy atom. The van der Waals surface area contributed by atoms with Crippen LogP contribution in [0.15, 0.2) is 54.6 Å². The van der Waals surface area contributed by atoms with Crippen molar-refractivity contribution in [3.63, 3.8) is 0 Å². The second-order valence-corrected chi connectivity index (χ2v) is 6.78. The van der Waals surface area contributed by atoms with E-state index in [1.54, 1.807) is 0 Å². The maximum atomic E-state index is 12.5. The number of H-pyrrole nitrogens is 1. The number of aryl methyl sites for hydroxylation is 1. The summed E-state index contributed by atoms with van der Waals surface area (Å²) in [5.41, 5.74) is 3.35. The van der Waals surface area contributed by atoms with Crippen molar-refractivity contribution >= 4 is 22.9 Å². The highest BCUT2D eigenvalue weighted by atomic mass is 16.2. The Hall–Kier alpha value is -2.82. The lowest BCUT2D eigenvalue weighted by Crippen LogP contribution is -2.49. The van der Waals surface area contributed by atoms with Gasteiger partial charge in [-0.25, -0.2) is 4.98 Å². The van der Waals surface area contributed by atoms with Crippen LogP contribution in [0.25, 0.3) is 11.0 Å². The Kier molecular flexibility index (Phi) is 4.86. The molecule has 1 N–H and O–H groups in total. The van der Waals surface area contributed by atoms with Gasteiger partial charge in [-0.05, 0) is 30.5 Å². The van der Waals surface area contributed by atoms with Crippen LogP contribution in [0.4, 0.5) is 5.95 Å². The van der Waals surface area contributed by atoms with E-state index >= 15 is 0 Å². The summed E-state index contributed by atoms with van der Waals surface area (Å²) in [7, 11) is 0. The van der Waals surface area contributed by atoms with Crippen LogP contribution in [-0.2, 0) is 11.2 Å². The van der Waals surface area contributed by atoms with Gasteiger partial charge in [0, 0.05) is 32.6 Å². The molecular weight excluding hydrogens is 324 g/mol. The van der Waals surface area contributed by atoms with Crippen molar-refractivity contribution < 1.29 is 4.79 Å². The Bertz CT molecular complexity index is 833. The number of nitrogens with one attached hydrogen (secondary N) is 1. The number of rotatable bonds is 5. The van der Waals surface area contributed by atoms with Gasteiger partial charge in [-0.15, -0.1) is 0 Å². The number of hydrogen-bond acceptors (Lipinski definition) is 3. The average Bonchev–Trinajstić information content (AvgIpc) is 3.13. The van der Waals surface area contributed by atoms with Crippen molar-refractivity contribution in [1.82, 2.24) is 14.9 Å². The lowest BCUT2D eigenvalue weighted by atomic mass is 10.1. The van der Waals surface area contributed by atoms with Crippen LogP contribution < -0.4 is 4.90 Å². The molecule has 0 saturated carbocycles. The van der Waals surface area contributed by atoms with Crippen molar-refractivity contribution in [3.05, 3.63) is 60.2 Å². The van der Waals surface area contributed by atoms with Gasteiger partial charge >= 0.3 is 0 Å². The number of carbonyl (C=O) groups excluding carboxylic acids is 1. The predicted molar refractivity (Wildman–Crippen MR) is 104 cm³/mol. The Balaban J connectivity index is 1.27. The second kappa shape index (κ2) is 7.60. The SMILES string of the molecule is O=C(CCCc1ccccc1)N1CCN(c2nc3ccccc3[nH]2)CC1. The van der Waals surface area contributed by atoms with E-state index in [-0.39, 0.29) is 5.91 Å². The standard InChI is InChI=1S/C21H24N4O/c26-20(12-6-9-17-7-2-1-3-8-17)24-13-15-25(16-14-24)21-22-18-10-4-5-11-19(18)23-21/h1-5,7-8,10-11H,6,9,12-16H2,(H,22,23). The van der Waals surface area contributed by atoms with Gasteiger partial charge in [0.2, 0.25) is 11.9 Å². The zero-order chi connectivity index (χ0) is 17.8. The summed E-state index contributed by atoms with van der Waals surface area (Å²) in [4.78, 5) is 24.7. The topological polar surface area (TPSA) is 52.2 Å². The third kappa shape index (κ3) is 3.72. The van der Waals surface area contributed by atoms with Gasteiger partial charge in [0.05, 0.1) is 11.0 Å². The van der Waals surface area contributed by atoms with Crippen LogP contribution in [0.2, 0.25) is 0 Å². The first-order valence-electron chi connectivity index (χ1n) is 9.31. The van der Waals surface area contributed by atoms with E-state index in [2.05, 4.69) is 39.1 Å². The van der Waals surface area contributed by atoms with Crippen molar-refractivity contribution in [2.75, 3.05) is 31.1 Å².